The minimum absolute atomic E-state index is 0.226. The lowest BCUT2D eigenvalue weighted by molar-refractivity contribution is 0.355. The summed E-state index contributed by atoms with van der Waals surface area (Å²) < 4.78 is 51.3. The van der Waals surface area contributed by atoms with Gasteiger partial charge in [-0.3, -0.25) is 4.98 Å². The molecular formula is C23H26ClN5O4S2. The monoisotopic (exact) mass is 535 g/mol. The van der Waals surface area contributed by atoms with Crippen molar-refractivity contribution in [1.29, 1.82) is 0 Å². The Morgan fingerprint density at radius 2 is 1.37 bits per heavy atom. The number of piperazine rings is 1. The Morgan fingerprint density at radius 1 is 0.829 bits per heavy atom. The van der Waals surface area contributed by atoms with Crippen molar-refractivity contribution in [3.05, 3.63) is 59.8 Å². The Morgan fingerprint density at radius 3 is 1.91 bits per heavy atom. The summed E-state index contributed by atoms with van der Waals surface area (Å²) in [5.74, 6) is 0.633. The van der Waals surface area contributed by atoms with Gasteiger partial charge in [0.15, 0.2) is 9.84 Å². The Bertz CT molecular complexity index is 1420. The summed E-state index contributed by atoms with van der Waals surface area (Å²) in [6.45, 7) is 1.63. The first-order valence-electron chi connectivity index (χ1n) is 10.8. The highest BCUT2D eigenvalue weighted by Gasteiger charge is 2.29. The van der Waals surface area contributed by atoms with E-state index in [0.29, 0.717) is 48.4 Å². The molecule has 1 aliphatic rings. The van der Waals surface area contributed by atoms with Crippen molar-refractivity contribution >= 4 is 37.5 Å². The van der Waals surface area contributed by atoms with Crippen molar-refractivity contribution < 1.29 is 16.8 Å². The minimum atomic E-state index is -3.47. The van der Waals surface area contributed by atoms with E-state index in [4.69, 9.17) is 16.6 Å². The van der Waals surface area contributed by atoms with Crippen molar-refractivity contribution in [3.8, 4) is 22.5 Å². The van der Waals surface area contributed by atoms with Crippen molar-refractivity contribution in [2.75, 3.05) is 51.4 Å². The molecule has 0 spiro atoms. The van der Waals surface area contributed by atoms with E-state index in [1.54, 1.807) is 42.6 Å². The van der Waals surface area contributed by atoms with Gasteiger partial charge in [0.1, 0.15) is 5.82 Å². The number of sulfone groups is 1. The van der Waals surface area contributed by atoms with Crippen LogP contribution in [0.5, 0.6) is 0 Å². The van der Waals surface area contributed by atoms with Gasteiger partial charge >= 0.3 is 0 Å². The first-order chi connectivity index (χ1) is 16.5. The second-order valence-electron chi connectivity index (χ2n) is 8.41. The van der Waals surface area contributed by atoms with E-state index in [2.05, 4.69) is 4.98 Å². The molecule has 0 N–H and O–H groups in total. The molecule has 0 amide bonds. The Hall–Kier alpha value is -2.57. The van der Waals surface area contributed by atoms with E-state index in [1.807, 2.05) is 17.0 Å². The summed E-state index contributed by atoms with van der Waals surface area (Å²) in [5, 5.41) is 0.593. The van der Waals surface area contributed by atoms with Crippen LogP contribution in [0.15, 0.2) is 59.6 Å². The summed E-state index contributed by atoms with van der Waals surface area (Å²) in [6.07, 6.45) is 2.83. The predicted octanol–water partition coefficient (Wildman–Crippen LogP) is 2.80. The van der Waals surface area contributed by atoms with Crippen LogP contribution in [0.2, 0.25) is 5.02 Å². The van der Waals surface area contributed by atoms with Crippen molar-refractivity contribution in [3.63, 3.8) is 0 Å². The van der Waals surface area contributed by atoms with Gasteiger partial charge < -0.3 is 4.90 Å². The Kier molecular flexibility index (Phi) is 7.16. The second kappa shape index (κ2) is 9.82. The number of rotatable bonds is 6. The molecular weight excluding hydrogens is 510 g/mol. The quantitative estimate of drug-likeness (QED) is 0.478. The molecule has 186 valence electrons. The zero-order chi connectivity index (χ0) is 25.4. The standard InChI is InChI=1S/C23H26ClN5O4S2/c1-27(2)35(32,33)29-14-12-28(13-15-29)21-16-25-22(17-6-10-20(11-7-17)34(3,30)31)23(26-21)18-4-8-19(24)9-5-18/h4-11,16H,12-15H2,1-3H3. The highest BCUT2D eigenvalue weighted by atomic mass is 35.5. The van der Waals surface area contributed by atoms with Crippen molar-refractivity contribution in [1.82, 2.24) is 18.6 Å². The molecule has 3 aromatic rings. The van der Waals surface area contributed by atoms with Crippen LogP contribution in [0.25, 0.3) is 22.5 Å². The maximum absolute atomic E-state index is 12.4. The number of benzene rings is 2. The number of hydrogen-bond donors (Lipinski definition) is 0. The van der Waals surface area contributed by atoms with Crippen LogP contribution in [0.1, 0.15) is 0 Å². The van der Waals surface area contributed by atoms with Gasteiger partial charge in [-0.1, -0.05) is 35.9 Å². The van der Waals surface area contributed by atoms with Crippen molar-refractivity contribution in [2.24, 2.45) is 0 Å². The molecule has 4 rings (SSSR count). The third kappa shape index (κ3) is 5.49. The molecule has 0 aliphatic carbocycles. The first kappa shape index (κ1) is 25.5. The largest absolute Gasteiger partial charge is 0.353 e. The SMILES string of the molecule is CN(C)S(=O)(=O)N1CCN(c2cnc(-c3ccc(S(C)(=O)=O)cc3)c(-c3ccc(Cl)cc3)n2)CC1. The average Bonchev–Trinajstić information content (AvgIpc) is 2.84. The van der Waals surface area contributed by atoms with Crippen LogP contribution in [0.4, 0.5) is 5.82 Å². The summed E-state index contributed by atoms with van der Waals surface area (Å²) in [4.78, 5) is 11.8. The van der Waals surface area contributed by atoms with Crippen LogP contribution in [0.3, 0.4) is 0 Å². The summed E-state index contributed by atoms with van der Waals surface area (Å²) in [6, 6.07) is 13.8. The lowest BCUT2D eigenvalue weighted by Gasteiger charge is -2.35. The topological polar surface area (TPSA) is 104 Å². The second-order valence-corrected chi connectivity index (χ2v) is 13.0. The number of aromatic nitrogens is 2. The van der Waals surface area contributed by atoms with E-state index in [9.17, 15) is 16.8 Å². The predicted molar refractivity (Wildman–Crippen MR) is 137 cm³/mol. The molecule has 0 saturated carbocycles. The van der Waals surface area contributed by atoms with Gasteiger partial charge in [-0.05, 0) is 24.3 Å². The molecule has 12 heteroatoms. The summed E-state index contributed by atoms with van der Waals surface area (Å²) in [5.41, 5.74) is 2.75. The van der Waals surface area contributed by atoms with Gasteiger partial charge in [-0.15, -0.1) is 0 Å². The van der Waals surface area contributed by atoms with Crippen LogP contribution < -0.4 is 4.90 Å². The average molecular weight is 536 g/mol. The smallest absolute Gasteiger partial charge is 0.281 e. The highest BCUT2D eigenvalue weighted by Crippen LogP contribution is 2.32. The van der Waals surface area contributed by atoms with Gasteiger partial charge in [0.2, 0.25) is 0 Å². The zero-order valence-electron chi connectivity index (χ0n) is 19.6. The van der Waals surface area contributed by atoms with Gasteiger partial charge in [0, 0.05) is 62.7 Å². The van der Waals surface area contributed by atoms with Crippen LogP contribution >= 0.6 is 11.6 Å². The van der Waals surface area contributed by atoms with Gasteiger partial charge in [-0.25, -0.2) is 13.4 Å². The molecule has 0 unspecified atom stereocenters. The fraction of sp³-hybridized carbons (Fsp3) is 0.304. The zero-order valence-corrected chi connectivity index (χ0v) is 22.0. The summed E-state index contributed by atoms with van der Waals surface area (Å²) in [7, 11) is -3.75. The Labute approximate surface area is 211 Å². The van der Waals surface area contributed by atoms with Gasteiger partial charge in [-0.2, -0.15) is 17.0 Å². The fourth-order valence-electron chi connectivity index (χ4n) is 3.79. The minimum Gasteiger partial charge on any atom is -0.353 e. The summed E-state index contributed by atoms with van der Waals surface area (Å²) >= 11 is 6.08. The van der Waals surface area contributed by atoms with E-state index in [0.717, 1.165) is 11.1 Å². The van der Waals surface area contributed by atoms with Crippen LogP contribution in [-0.2, 0) is 20.0 Å². The van der Waals surface area contributed by atoms with E-state index in [1.165, 1.54) is 29.0 Å². The lowest BCUT2D eigenvalue weighted by atomic mass is 10.0. The molecule has 2 aromatic carbocycles. The maximum Gasteiger partial charge on any atom is 0.281 e. The molecule has 35 heavy (non-hydrogen) atoms. The van der Waals surface area contributed by atoms with E-state index < -0.39 is 20.0 Å². The van der Waals surface area contributed by atoms with E-state index in [-0.39, 0.29) is 4.90 Å². The molecule has 9 nitrogen and oxygen atoms in total. The molecule has 1 aliphatic heterocycles. The first-order valence-corrected chi connectivity index (χ1v) is 14.5. The number of hydrogen-bond acceptors (Lipinski definition) is 7. The molecule has 1 saturated heterocycles. The molecule has 2 heterocycles. The molecule has 0 atom stereocenters. The molecule has 0 radical (unpaired) electrons. The molecule has 1 fully saturated rings. The third-order valence-corrected chi connectivity index (χ3v) is 9.10. The Balaban J connectivity index is 1.69. The lowest BCUT2D eigenvalue weighted by Crippen LogP contribution is -2.51. The van der Waals surface area contributed by atoms with E-state index >= 15 is 0 Å². The van der Waals surface area contributed by atoms with Crippen molar-refractivity contribution in [2.45, 2.75) is 4.90 Å². The normalized spacial score (nSPS) is 15.5. The molecule has 1 aromatic heterocycles. The van der Waals surface area contributed by atoms with Gasteiger partial charge in [0.05, 0.1) is 22.5 Å². The van der Waals surface area contributed by atoms with Crippen LogP contribution in [-0.4, -0.2) is 81.9 Å². The number of nitrogens with zero attached hydrogens (tertiary/aromatic N) is 5. The van der Waals surface area contributed by atoms with Gasteiger partial charge in [0.25, 0.3) is 10.2 Å². The van der Waals surface area contributed by atoms with Crippen LogP contribution in [0, 0.1) is 0 Å². The number of anilines is 1. The maximum atomic E-state index is 12.4. The fourth-order valence-corrected chi connectivity index (χ4v) is 5.63. The molecule has 0 bridgehead atoms. The highest BCUT2D eigenvalue weighted by molar-refractivity contribution is 7.90. The third-order valence-electron chi connectivity index (χ3n) is 5.78. The number of halogens is 1.